The Balaban J connectivity index is 1.47. The maximum absolute atomic E-state index is 13.3. The summed E-state index contributed by atoms with van der Waals surface area (Å²) in [7, 11) is 0. The van der Waals surface area contributed by atoms with Crippen molar-refractivity contribution >= 4 is 52.1 Å². The molecule has 0 aliphatic carbocycles. The monoisotopic (exact) mass is 550 g/mol. The summed E-state index contributed by atoms with van der Waals surface area (Å²) in [6.45, 7) is -0.0775. The molecule has 0 aliphatic rings. The molecule has 0 radical (unpaired) electrons. The SMILES string of the molecule is O=C(Nc1cc(Oc2ccc(Cl)cc2Cl)cc([N+](=O)[O-])c1)c1ccn(COc2ccc(F)c(Cl)c2)n1. The highest BCUT2D eigenvalue weighted by molar-refractivity contribution is 6.35. The second kappa shape index (κ2) is 10.8. The van der Waals surface area contributed by atoms with Crippen LogP contribution in [0.15, 0.2) is 66.9 Å². The second-order valence-electron chi connectivity index (χ2n) is 7.19. The minimum atomic E-state index is -0.630. The van der Waals surface area contributed by atoms with Crippen molar-refractivity contribution in [2.75, 3.05) is 5.32 Å². The van der Waals surface area contributed by atoms with Crippen molar-refractivity contribution in [2.24, 2.45) is 0 Å². The Labute approximate surface area is 218 Å². The molecule has 36 heavy (non-hydrogen) atoms. The molecular formula is C23H14Cl3FN4O5. The molecule has 0 bridgehead atoms. The first-order chi connectivity index (χ1) is 17.2. The van der Waals surface area contributed by atoms with E-state index >= 15 is 0 Å². The van der Waals surface area contributed by atoms with Crippen LogP contribution in [0.3, 0.4) is 0 Å². The van der Waals surface area contributed by atoms with Crippen LogP contribution in [0.25, 0.3) is 0 Å². The maximum Gasteiger partial charge on any atom is 0.276 e. The number of anilines is 1. The van der Waals surface area contributed by atoms with Gasteiger partial charge in [0.2, 0.25) is 0 Å². The van der Waals surface area contributed by atoms with Gasteiger partial charge in [0, 0.05) is 29.4 Å². The molecule has 4 aromatic rings. The molecule has 184 valence electrons. The molecule has 9 nitrogen and oxygen atoms in total. The first-order valence-electron chi connectivity index (χ1n) is 10.0. The number of hydrogen-bond acceptors (Lipinski definition) is 6. The van der Waals surface area contributed by atoms with Crippen LogP contribution < -0.4 is 14.8 Å². The number of nitro benzene ring substituents is 1. The normalized spacial score (nSPS) is 10.7. The van der Waals surface area contributed by atoms with Crippen LogP contribution >= 0.6 is 34.8 Å². The standard InChI is InChI=1S/C23H14Cl3FN4O5/c24-13-1-4-22(19(26)7-13)36-17-9-14(8-15(10-17)31(33)34)28-23(32)21-5-6-30(29-21)12-35-16-2-3-20(27)18(25)11-16/h1-11H,12H2,(H,28,32). The van der Waals surface area contributed by atoms with Crippen molar-refractivity contribution in [2.45, 2.75) is 6.73 Å². The molecule has 1 N–H and O–H groups in total. The fourth-order valence-electron chi connectivity index (χ4n) is 2.96. The van der Waals surface area contributed by atoms with Gasteiger partial charge in [-0.3, -0.25) is 14.9 Å². The van der Waals surface area contributed by atoms with Crippen molar-refractivity contribution in [3.63, 3.8) is 0 Å². The third kappa shape index (κ3) is 6.22. The Kier molecular flexibility index (Phi) is 7.58. The molecule has 1 heterocycles. The molecule has 0 unspecified atom stereocenters. The summed E-state index contributed by atoms with van der Waals surface area (Å²) in [4.78, 5) is 23.5. The quantitative estimate of drug-likeness (QED) is 0.187. The van der Waals surface area contributed by atoms with Gasteiger partial charge in [-0.1, -0.05) is 34.8 Å². The Morgan fingerprint density at radius 1 is 1.03 bits per heavy atom. The summed E-state index contributed by atoms with van der Waals surface area (Å²) in [5.41, 5.74) is -0.198. The fraction of sp³-hybridized carbons (Fsp3) is 0.0435. The number of ether oxygens (including phenoxy) is 2. The van der Waals surface area contributed by atoms with Gasteiger partial charge in [0.05, 0.1) is 26.7 Å². The third-order valence-corrected chi connectivity index (χ3v) is 5.43. The number of non-ortho nitro benzene ring substituents is 1. The molecule has 4 rings (SSSR count). The van der Waals surface area contributed by atoms with E-state index in [1.54, 1.807) is 6.07 Å². The molecular weight excluding hydrogens is 538 g/mol. The van der Waals surface area contributed by atoms with Crippen LogP contribution in [-0.2, 0) is 6.73 Å². The van der Waals surface area contributed by atoms with Gasteiger partial charge in [-0.15, -0.1) is 0 Å². The minimum Gasteiger partial charge on any atom is -0.471 e. The molecule has 1 amide bonds. The average Bonchev–Trinajstić information content (AvgIpc) is 3.31. The van der Waals surface area contributed by atoms with Crippen molar-refractivity contribution in [3.8, 4) is 17.2 Å². The number of halogens is 4. The maximum atomic E-state index is 13.3. The van der Waals surface area contributed by atoms with Crippen LogP contribution in [0.2, 0.25) is 15.1 Å². The summed E-state index contributed by atoms with van der Waals surface area (Å²) in [5.74, 6) is -0.601. The zero-order chi connectivity index (χ0) is 25.8. The van der Waals surface area contributed by atoms with E-state index in [9.17, 15) is 19.3 Å². The van der Waals surface area contributed by atoms with E-state index < -0.39 is 16.6 Å². The van der Waals surface area contributed by atoms with Crippen molar-refractivity contribution in [1.29, 1.82) is 0 Å². The molecule has 1 aromatic heterocycles. The largest absolute Gasteiger partial charge is 0.471 e. The summed E-state index contributed by atoms with van der Waals surface area (Å²) in [5, 5.41) is 18.6. The predicted molar refractivity (Wildman–Crippen MR) is 132 cm³/mol. The van der Waals surface area contributed by atoms with Crippen molar-refractivity contribution < 1.29 is 23.6 Å². The highest BCUT2D eigenvalue weighted by Gasteiger charge is 2.16. The van der Waals surface area contributed by atoms with E-state index in [0.717, 1.165) is 6.07 Å². The highest BCUT2D eigenvalue weighted by atomic mass is 35.5. The minimum absolute atomic E-state index is 0.0189. The number of amides is 1. The Hall–Kier alpha value is -3.86. The number of hydrogen-bond donors (Lipinski definition) is 1. The zero-order valence-corrected chi connectivity index (χ0v) is 20.2. The lowest BCUT2D eigenvalue weighted by atomic mass is 10.2. The molecule has 0 spiro atoms. The molecule has 0 saturated heterocycles. The van der Waals surface area contributed by atoms with Gasteiger partial charge in [0.25, 0.3) is 11.6 Å². The first kappa shape index (κ1) is 25.2. The van der Waals surface area contributed by atoms with Crippen LogP contribution in [0.1, 0.15) is 10.5 Å². The van der Waals surface area contributed by atoms with Gasteiger partial charge >= 0.3 is 0 Å². The molecule has 0 atom stereocenters. The number of nitrogens with one attached hydrogen (secondary N) is 1. The number of aromatic nitrogens is 2. The number of nitrogens with zero attached hydrogens (tertiary/aromatic N) is 3. The predicted octanol–water partition coefficient (Wildman–Crippen LogP) is 6.97. The van der Waals surface area contributed by atoms with Gasteiger partial charge in [0.1, 0.15) is 23.1 Å². The first-order valence-corrected chi connectivity index (χ1v) is 11.2. The summed E-state index contributed by atoms with van der Waals surface area (Å²) < 4.78 is 25.7. The summed E-state index contributed by atoms with van der Waals surface area (Å²) >= 11 is 17.7. The molecule has 0 aliphatic heterocycles. The van der Waals surface area contributed by atoms with Crippen LogP contribution in [-0.4, -0.2) is 20.6 Å². The topological polar surface area (TPSA) is 109 Å². The summed E-state index contributed by atoms with van der Waals surface area (Å²) in [6.07, 6.45) is 1.49. The van der Waals surface area contributed by atoms with E-state index in [4.69, 9.17) is 44.3 Å². The van der Waals surface area contributed by atoms with E-state index in [1.165, 1.54) is 59.4 Å². The number of benzene rings is 3. The highest BCUT2D eigenvalue weighted by Crippen LogP contribution is 2.34. The number of carbonyl (C=O) groups is 1. The van der Waals surface area contributed by atoms with Gasteiger partial charge in [-0.05, 0) is 36.4 Å². The molecule has 0 fully saturated rings. The van der Waals surface area contributed by atoms with Crippen LogP contribution in [0, 0.1) is 15.9 Å². The lowest BCUT2D eigenvalue weighted by Gasteiger charge is -2.10. The van der Waals surface area contributed by atoms with Crippen LogP contribution in [0.4, 0.5) is 15.8 Å². The lowest BCUT2D eigenvalue weighted by Crippen LogP contribution is -2.14. The van der Waals surface area contributed by atoms with Gasteiger partial charge in [0.15, 0.2) is 12.4 Å². The van der Waals surface area contributed by atoms with Crippen molar-refractivity contribution in [1.82, 2.24) is 9.78 Å². The van der Waals surface area contributed by atoms with E-state index in [0.29, 0.717) is 10.8 Å². The van der Waals surface area contributed by atoms with Gasteiger partial charge in [-0.2, -0.15) is 5.10 Å². The molecule has 13 heteroatoms. The van der Waals surface area contributed by atoms with E-state index in [2.05, 4.69) is 10.4 Å². The third-order valence-electron chi connectivity index (χ3n) is 4.61. The van der Waals surface area contributed by atoms with E-state index in [1.807, 2.05) is 0 Å². The number of rotatable bonds is 8. The Bertz CT molecular complexity index is 1460. The number of carbonyl (C=O) groups excluding carboxylic acids is 1. The van der Waals surface area contributed by atoms with Crippen LogP contribution in [0.5, 0.6) is 17.2 Å². The smallest absolute Gasteiger partial charge is 0.276 e. The Morgan fingerprint density at radius 3 is 2.56 bits per heavy atom. The number of nitro groups is 1. The van der Waals surface area contributed by atoms with Crippen molar-refractivity contribution in [3.05, 3.63) is 104 Å². The molecule has 0 saturated carbocycles. The lowest BCUT2D eigenvalue weighted by molar-refractivity contribution is -0.384. The second-order valence-corrected chi connectivity index (χ2v) is 8.44. The Morgan fingerprint density at radius 2 is 1.83 bits per heavy atom. The summed E-state index contributed by atoms with van der Waals surface area (Å²) in [6, 6.07) is 13.6. The van der Waals surface area contributed by atoms with E-state index in [-0.39, 0.29) is 45.3 Å². The van der Waals surface area contributed by atoms with Gasteiger partial charge < -0.3 is 14.8 Å². The fourth-order valence-corrected chi connectivity index (χ4v) is 3.58. The zero-order valence-electron chi connectivity index (χ0n) is 18.0. The average molecular weight is 552 g/mol. The molecule has 3 aromatic carbocycles. The van der Waals surface area contributed by atoms with Gasteiger partial charge in [-0.25, -0.2) is 9.07 Å².